The largest absolute Gasteiger partial charge is 0.464 e. The molecule has 1 rings (SSSR count). The van der Waals surface area contributed by atoms with Crippen molar-refractivity contribution in [2.45, 2.75) is 64.7 Å². The number of ether oxygens (including phenoxy) is 3. The monoisotopic (exact) mass is 301 g/mol. The van der Waals surface area contributed by atoms with Gasteiger partial charge in [-0.15, -0.1) is 0 Å². The summed E-state index contributed by atoms with van der Waals surface area (Å²) in [6, 6.07) is 0. The summed E-state index contributed by atoms with van der Waals surface area (Å²) in [6.07, 6.45) is 0.870. The number of carbonyl (C=O) groups excluding carboxylic acids is 2. The maximum atomic E-state index is 12.2. The van der Waals surface area contributed by atoms with Crippen LogP contribution in [0, 0.1) is 0 Å². The molecule has 0 amide bonds. The standard InChI is InChI=1S/C15H27NO5/c1-6-19-12(17)15(13(18)20-7-2)9-8-11(10-16-15)21-14(3,4)5/h11,16H,6-10H2,1-5H3. The fraction of sp³-hybridized carbons (Fsp3) is 0.867. The zero-order chi connectivity index (χ0) is 16.1. The number of piperidine rings is 1. The van der Waals surface area contributed by atoms with E-state index in [4.69, 9.17) is 14.2 Å². The second-order valence-corrected chi connectivity index (χ2v) is 6.12. The molecule has 1 saturated heterocycles. The van der Waals surface area contributed by atoms with Crippen LogP contribution in [-0.2, 0) is 23.8 Å². The van der Waals surface area contributed by atoms with E-state index < -0.39 is 17.5 Å². The second-order valence-electron chi connectivity index (χ2n) is 6.12. The summed E-state index contributed by atoms with van der Waals surface area (Å²) >= 11 is 0. The lowest BCUT2D eigenvalue weighted by molar-refractivity contribution is -0.170. The van der Waals surface area contributed by atoms with Crippen molar-refractivity contribution in [3.8, 4) is 0 Å². The molecule has 1 fully saturated rings. The van der Waals surface area contributed by atoms with Gasteiger partial charge >= 0.3 is 11.9 Å². The van der Waals surface area contributed by atoms with Gasteiger partial charge in [-0.05, 0) is 47.5 Å². The van der Waals surface area contributed by atoms with Crippen LogP contribution in [-0.4, -0.2) is 48.9 Å². The highest BCUT2D eigenvalue weighted by Crippen LogP contribution is 2.26. The van der Waals surface area contributed by atoms with E-state index in [1.165, 1.54) is 0 Å². The molecule has 1 heterocycles. The van der Waals surface area contributed by atoms with Gasteiger partial charge in [0.05, 0.1) is 24.9 Å². The topological polar surface area (TPSA) is 73.9 Å². The first-order chi connectivity index (χ1) is 9.75. The highest BCUT2D eigenvalue weighted by atomic mass is 16.6. The van der Waals surface area contributed by atoms with E-state index in [2.05, 4.69) is 5.32 Å². The Morgan fingerprint density at radius 3 is 2.00 bits per heavy atom. The maximum absolute atomic E-state index is 12.2. The molecule has 1 aliphatic heterocycles. The van der Waals surface area contributed by atoms with Crippen molar-refractivity contribution in [1.82, 2.24) is 5.32 Å². The molecule has 0 saturated carbocycles. The minimum absolute atomic E-state index is 0.0398. The highest BCUT2D eigenvalue weighted by molar-refractivity contribution is 6.05. The average molecular weight is 301 g/mol. The Morgan fingerprint density at radius 1 is 1.14 bits per heavy atom. The summed E-state index contributed by atoms with van der Waals surface area (Å²) in [5.41, 5.74) is -1.66. The number of carbonyl (C=O) groups is 2. The van der Waals surface area contributed by atoms with Crippen LogP contribution < -0.4 is 5.32 Å². The van der Waals surface area contributed by atoms with Crippen molar-refractivity contribution in [3.63, 3.8) is 0 Å². The van der Waals surface area contributed by atoms with Gasteiger partial charge in [0.1, 0.15) is 0 Å². The highest BCUT2D eigenvalue weighted by Gasteiger charge is 2.51. The Bertz CT molecular complexity index is 347. The molecule has 0 aromatic rings. The SMILES string of the molecule is CCOC(=O)C1(C(=O)OCC)CCC(OC(C)(C)C)CN1. The van der Waals surface area contributed by atoms with E-state index in [1.807, 2.05) is 20.8 Å². The number of hydrogen-bond donors (Lipinski definition) is 1. The fourth-order valence-corrected chi connectivity index (χ4v) is 2.40. The van der Waals surface area contributed by atoms with Crippen LogP contribution in [0.3, 0.4) is 0 Å². The van der Waals surface area contributed by atoms with Gasteiger partial charge < -0.3 is 14.2 Å². The van der Waals surface area contributed by atoms with Gasteiger partial charge in [0.2, 0.25) is 5.54 Å². The van der Waals surface area contributed by atoms with Crippen molar-refractivity contribution in [2.24, 2.45) is 0 Å². The van der Waals surface area contributed by atoms with E-state index in [0.717, 1.165) is 0 Å². The Kier molecular flexibility index (Phi) is 6.16. The Balaban J connectivity index is 2.79. The minimum atomic E-state index is -1.40. The third-order valence-corrected chi connectivity index (χ3v) is 3.24. The van der Waals surface area contributed by atoms with Gasteiger partial charge in [0.25, 0.3) is 0 Å². The predicted molar refractivity (Wildman–Crippen MR) is 77.9 cm³/mol. The Morgan fingerprint density at radius 2 is 1.67 bits per heavy atom. The third-order valence-electron chi connectivity index (χ3n) is 3.24. The zero-order valence-electron chi connectivity index (χ0n) is 13.7. The molecule has 0 aliphatic carbocycles. The fourth-order valence-electron chi connectivity index (χ4n) is 2.40. The maximum Gasteiger partial charge on any atom is 0.338 e. The molecule has 0 aromatic carbocycles. The van der Waals surface area contributed by atoms with Crippen molar-refractivity contribution >= 4 is 11.9 Å². The van der Waals surface area contributed by atoms with Crippen LogP contribution in [0.15, 0.2) is 0 Å². The van der Waals surface area contributed by atoms with Crippen LogP contribution in [0.5, 0.6) is 0 Å². The van der Waals surface area contributed by atoms with E-state index in [0.29, 0.717) is 19.4 Å². The number of nitrogens with one attached hydrogen (secondary N) is 1. The zero-order valence-corrected chi connectivity index (χ0v) is 13.7. The summed E-state index contributed by atoms with van der Waals surface area (Å²) in [7, 11) is 0. The molecule has 0 bridgehead atoms. The van der Waals surface area contributed by atoms with Crippen LogP contribution in [0.2, 0.25) is 0 Å². The molecular weight excluding hydrogens is 274 g/mol. The molecule has 1 N–H and O–H groups in total. The molecule has 122 valence electrons. The van der Waals surface area contributed by atoms with E-state index >= 15 is 0 Å². The van der Waals surface area contributed by atoms with E-state index in [1.54, 1.807) is 13.8 Å². The Labute approximate surface area is 126 Å². The molecule has 6 heteroatoms. The van der Waals surface area contributed by atoms with Gasteiger partial charge in [-0.1, -0.05) is 0 Å². The number of esters is 2. The quantitative estimate of drug-likeness (QED) is 0.611. The van der Waals surface area contributed by atoms with Crippen LogP contribution in [0.1, 0.15) is 47.5 Å². The summed E-state index contributed by atoms with van der Waals surface area (Å²) in [6.45, 7) is 10.2. The van der Waals surface area contributed by atoms with Crippen LogP contribution in [0.25, 0.3) is 0 Å². The van der Waals surface area contributed by atoms with E-state index in [9.17, 15) is 9.59 Å². The Hall–Kier alpha value is -1.14. The number of rotatable bonds is 5. The first kappa shape index (κ1) is 17.9. The molecule has 1 atom stereocenters. The number of hydrogen-bond acceptors (Lipinski definition) is 6. The summed E-state index contributed by atoms with van der Waals surface area (Å²) in [5, 5.41) is 3.00. The van der Waals surface area contributed by atoms with Crippen molar-refractivity contribution in [2.75, 3.05) is 19.8 Å². The third kappa shape index (κ3) is 4.68. The summed E-state index contributed by atoms with van der Waals surface area (Å²) in [4.78, 5) is 24.4. The van der Waals surface area contributed by atoms with Crippen molar-refractivity contribution in [3.05, 3.63) is 0 Å². The van der Waals surface area contributed by atoms with Crippen molar-refractivity contribution in [1.29, 1.82) is 0 Å². The lowest BCUT2D eigenvalue weighted by Gasteiger charge is -2.39. The van der Waals surface area contributed by atoms with Gasteiger partial charge in [-0.25, -0.2) is 9.59 Å². The predicted octanol–water partition coefficient (Wildman–Crippen LogP) is 1.42. The molecule has 0 aromatic heterocycles. The molecule has 0 radical (unpaired) electrons. The lowest BCUT2D eigenvalue weighted by Crippen LogP contribution is -2.64. The average Bonchev–Trinajstić information content (AvgIpc) is 2.38. The molecule has 21 heavy (non-hydrogen) atoms. The lowest BCUT2D eigenvalue weighted by atomic mass is 9.87. The first-order valence-electron chi connectivity index (χ1n) is 7.52. The molecule has 0 spiro atoms. The van der Waals surface area contributed by atoms with E-state index in [-0.39, 0.29) is 24.9 Å². The van der Waals surface area contributed by atoms with Crippen LogP contribution in [0.4, 0.5) is 0 Å². The summed E-state index contributed by atoms with van der Waals surface area (Å²) in [5.74, 6) is -1.14. The molecular formula is C15H27NO5. The normalized spacial score (nSPS) is 21.7. The van der Waals surface area contributed by atoms with Gasteiger partial charge in [-0.2, -0.15) is 0 Å². The smallest absolute Gasteiger partial charge is 0.338 e. The van der Waals surface area contributed by atoms with Gasteiger partial charge in [0.15, 0.2) is 0 Å². The summed E-state index contributed by atoms with van der Waals surface area (Å²) < 4.78 is 16.0. The molecule has 1 aliphatic rings. The minimum Gasteiger partial charge on any atom is -0.464 e. The molecule has 6 nitrogen and oxygen atoms in total. The first-order valence-corrected chi connectivity index (χ1v) is 7.52. The second kappa shape index (κ2) is 7.22. The van der Waals surface area contributed by atoms with Crippen LogP contribution >= 0.6 is 0 Å². The van der Waals surface area contributed by atoms with Crippen molar-refractivity contribution < 1.29 is 23.8 Å². The van der Waals surface area contributed by atoms with Gasteiger partial charge in [0, 0.05) is 6.54 Å². The molecule has 1 unspecified atom stereocenters. The van der Waals surface area contributed by atoms with Gasteiger partial charge in [-0.3, -0.25) is 5.32 Å².